The van der Waals surface area contributed by atoms with Crippen LogP contribution in [-0.2, 0) is 12.0 Å². The van der Waals surface area contributed by atoms with Gasteiger partial charge in [0.25, 0.3) is 5.91 Å². The number of ether oxygens (including phenoxy) is 2. The van der Waals surface area contributed by atoms with E-state index in [1.54, 1.807) is 18.3 Å². The number of hydrogen-bond donors (Lipinski definition) is 1. The van der Waals surface area contributed by atoms with E-state index in [1.165, 1.54) is 7.11 Å². The third-order valence-corrected chi connectivity index (χ3v) is 5.13. The van der Waals surface area contributed by atoms with E-state index < -0.39 is 0 Å². The van der Waals surface area contributed by atoms with Crippen molar-refractivity contribution in [3.63, 3.8) is 0 Å². The van der Waals surface area contributed by atoms with Crippen LogP contribution >= 0.6 is 24.0 Å². The highest BCUT2D eigenvalue weighted by molar-refractivity contribution is 6.32. The first-order valence-electron chi connectivity index (χ1n) is 9.64. The van der Waals surface area contributed by atoms with Crippen molar-refractivity contribution in [2.75, 3.05) is 26.0 Å². The fourth-order valence-corrected chi connectivity index (χ4v) is 4.04. The van der Waals surface area contributed by atoms with Crippen LogP contribution in [0, 0.1) is 0 Å². The van der Waals surface area contributed by atoms with Crippen molar-refractivity contribution in [3.05, 3.63) is 46.2 Å². The van der Waals surface area contributed by atoms with Crippen molar-refractivity contribution >= 4 is 35.6 Å². The summed E-state index contributed by atoms with van der Waals surface area (Å²) in [6, 6.07) is 5.19. The second-order valence-electron chi connectivity index (χ2n) is 8.39. The van der Waals surface area contributed by atoms with Gasteiger partial charge >= 0.3 is 0 Å². The molecule has 0 unspecified atom stereocenters. The first kappa shape index (κ1) is 24.3. The summed E-state index contributed by atoms with van der Waals surface area (Å²) < 4.78 is 11.1. The number of anilines is 1. The Morgan fingerprint density at radius 2 is 1.97 bits per heavy atom. The Bertz CT molecular complexity index is 932. The van der Waals surface area contributed by atoms with Gasteiger partial charge in [0.2, 0.25) is 0 Å². The summed E-state index contributed by atoms with van der Waals surface area (Å²) in [6.07, 6.45) is 1.66. The van der Waals surface area contributed by atoms with Gasteiger partial charge in [0.05, 0.1) is 41.4 Å². The van der Waals surface area contributed by atoms with Crippen molar-refractivity contribution in [3.8, 4) is 11.5 Å². The largest absolute Gasteiger partial charge is 0.496 e. The van der Waals surface area contributed by atoms with Crippen LogP contribution in [0.25, 0.3) is 0 Å². The third kappa shape index (κ3) is 5.17. The maximum Gasteiger partial charge on any atom is 0.259 e. The molecule has 6 nitrogen and oxygen atoms in total. The molecular weight excluding hydrogens is 425 g/mol. The molecule has 0 fully saturated rings. The van der Waals surface area contributed by atoms with E-state index in [0.717, 1.165) is 24.3 Å². The number of likely N-dealkylation sites (N-methyl/N-ethyl adjacent to an activating group) is 1. The van der Waals surface area contributed by atoms with Gasteiger partial charge < -0.3 is 19.7 Å². The van der Waals surface area contributed by atoms with Crippen LogP contribution in [0.5, 0.6) is 11.5 Å². The molecule has 1 N–H and O–H groups in total. The van der Waals surface area contributed by atoms with E-state index >= 15 is 0 Å². The van der Waals surface area contributed by atoms with E-state index in [2.05, 4.69) is 36.1 Å². The molecule has 0 atom stereocenters. The fraction of sp³-hybridized carbons (Fsp3) is 0.455. The summed E-state index contributed by atoms with van der Waals surface area (Å²) >= 11 is 6.31. The van der Waals surface area contributed by atoms with Crippen LogP contribution in [0.1, 0.15) is 49.3 Å². The highest BCUT2D eigenvalue weighted by Gasteiger charge is 2.31. The minimum Gasteiger partial charge on any atom is -0.496 e. The van der Waals surface area contributed by atoms with Gasteiger partial charge in [-0.2, -0.15) is 0 Å². The van der Waals surface area contributed by atoms with Crippen molar-refractivity contribution in [1.82, 2.24) is 9.88 Å². The number of halogens is 2. The second-order valence-corrected chi connectivity index (χ2v) is 8.80. The van der Waals surface area contributed by atoms with Gasteiger partial charge in [-0.1, -0.05) is 25.4 Å². The van der Waals surface area contributed by atoms with Crippen LogP contribution in [0.3, 0.4) is 0 Å². The molecule has 1 amide bonds. The summed E-state index contributed by atoms with van der Waals surface area (Å²) in [5.41, 5.74) is 3.13. The van der Waals surface area contributed by atoms with E-state index in [0.29, 0.717) is 27.8 Å². The minimum atomic E-state index is -0.315. The summed E-state index contributed by atoms with van der Waals surface area (Å²) in [6.45, 7) is 9.92. The van der Waals surface area contributed by atoms with Crippen LogP contribution in [0.4, 0.5) is 5.69 Å². The summed E-state index contributed by atoms with van der Waals surface area (Å²) in [5.74, 6) is 0.565. The molecule has 2 heterocycles. The van der Waals surface area contributed by atoms with Crippen LogP contribution in [0.15, 0.2) is 24.4 Å². The number of fused-ring (bicyclic) bond motifs is 1. The normalized spacial score (nSPS) is 15.2. The van der Waals surface area contributed by atoms with Gasteiger partial charge in [-0.3, -0.25) is 9.78 Å². The van der Waals surface area contributed by atoms with Crippen LogP contribution in [0.2, 0.25) is 5.02 Å². The molecule has 1 aromatic carbocycles. The summed E-state index contributed by atoms with van der Waals surface area (Å²) in [7, 11) is 3.60. The van der Waals surface area contributed by atoms with E-state index in [1.807, 2.05) is 19.9 Å². The second kappa shape index (κ2) is 9.41. The maximum absolute atomic E-state index is 12.9. The molecule has 164 valence electrons. The smallest absolute Gasteiger partial charge is 0.259 e. The number of carbonyl (C=O) groups excluding carboxylic acids is 1. The molecule has 2 aromatic rings. The number of methoxy groups -OCH3 is 1. The number of nitrogens with one attached hydrogen (secondary N) is 1. The number of hydrogen-bond acceptors (Lipinski definition) is 5. The predicted octanol–water partition coefficient (Wildman–Crippen LogP) is 4.93. The number of nitrogens with zero attached hydrogens (tertiary/aromatic N) is 2. The molecule has 0 saturated heterocycles. The predicted molar refractivity (Wildman–Crippen MR) is 123 cm³/mol. The Kier molecular flexibility index (Phi) is 7.61. The highest BCUT2D eigenvalue weighted by atomic mass is 35.5. The van der Waals surface area contributed by atoms with Crippen molar-refractivity contribution < 1.29 is 14.3 Å². The zero-order chi connectivity index (χ0) is 21.3. The van der Waals surface area contributed by atoms with Gasteiger partial charge in [-0.05, 0) is 38.6 Å². The molecule has 1 aliphatic rings. The highest BCUT2D eigenvalue weighted by Crippen LogP contribution is 2.35. The number of benzene rings is 1. The SMILES string of the molecule is COc1cc(OC(C)C)c(Cl)cc1C(=O)Nc1cnc2c(c1)CN(C)CC2(C)C.Cl. The van der Waals surface area contributed by atoms with E-state index in [-0.39, 0.29) is 29.8 Å². The molecule has 0 aliphatic carbocycles. The molecule has 1 aliphatic heterocycles. The molecular formula is C22H29Cl2N3O3. The van der Waals surface area contributed by atoms with Crippen LogP contribution < -0.4 is 14.8 Å². The van der Waals surface area contributed by atoms with E-state index in [4.69, 9.17) is 21.1 Å². The molecule has 1 aromatic heterocycles. The third-order valence-electron chi connectivity index (χ3n) is 4.83. The molecule has 3 rings (SSSR count). The zero-order valence-electron chi connectivity index (χ0n) is 18.2. The first-order valence-corrected chi connectivity index (χ1v) is 10.0. The maximum atomic E-state index is 12.9. The Morgan fingerprint density at radius 1 is 1.27 bits per heavy atom. The fourth-order valence-electron chi connectivity index (χ4n) is 3.83. The molecule has 8 heteroatoms. The Labute approximate surface area is 189 Å². The standard InChI is InChI=1S/C22H28ClN3O3.ClH/c1-13(2)29-19-9-18(28-6)16(8-17(19)23)21(27)25-15-7-14-11-26(5)12-22(3,4)20(14)24-10-15;/h7-10,13H,11-12H2,1-6H3,(H,25,27);1H. The lowest BCUT2D eigenvalue weighted by atomic mass is 9.82. The zero-order valence-corrected chi connectivity index (χ0v) is 19.8. The van der Waals surface area contributed by atoms with Gasteiger partial charge in [-0.15, -0.1) is 12.4 Å². The number of aromatic nitrogens is 1. The Balaban J connectivity index is 0.00000320. The Hall–Kier alpha value is -2.02. The average molecular weight is 454 g/mol. The number of pyridine rings is 1. The molecule has 30 heavy (non-hydrogen) atoms. The Morgan fingerprint density at radius 3 is 2.60 bits per heavy atom. The molecule has 0 bridgehead atoms. The molecule has 0 radical (unpaired) electrons. The summed E-state index contributed by atoms with van der Waals surface area (Å²) in [4.78, 5) is 19.8. The van der Waals surface area contributed by atoms with Gasteiger partial charge in [0.15, 0.2) is 0 Å². The first-order chi connectivity index (χ1) is 13.6. The lowest BCUT2D eigenvalue weighted by molar-refractivity contribution is 0.102. The number of rotatable bonds is 5. The van der Waals surface area contributed by atoms with Gasteiger partial charge in [0.1, 0.15) is 11.5 Å². The molecule has 0 spiro atoms. The van der Waals surface area contributed by atoms with Crippen molar-refractivity contribution in [1.29, 1.82) is 0 Å². The lowest BCUT2D eigenvalue weighted by Gasteiger charge is -2.37. The topological polar surface area (TPSA) is 63.7 Å². The molecule has 0 saturated carbocycles. The van der Waals surface area contributed by atoms with Gasteiger partial charge in [0, 0.05) is 24.6 Å². The van der Waals surface area contributed by atoms with Crippen LogP contribution in [-0.4, -0.2) is 42.6 Å². The van der Waals surface area contributed by atoms with Gasteiger partial charge in [-0.25, -0.2) is 0 Å². The number of carbonyl (C=O) groups is 1. The lowest BCUT2D eigenvalue weighted by Crippen LogP contribution is -2.40. The van der Waals surface area contributed by atoms with E-state index in [9.17, 15) is 4.79 Å². The average Bonchev–Trinajstić information content (AvgIpc) is 2.61. The quantitative estimate of drug-likeness (QED) is 0.695. The van der Waals surface area contributed by atoms with Crippen molar-refractivity contribution in [2.45, 2.75) is 45.8 Å². The minimum absolute atomic E-state index is 0. The number of amides is 1. The summed E-state index contributed by atoms with van der Waals surface area (Å²) in [5, 5.41) is 3.27. The van der Waals surface area contributed by atoms with Crippen molar-refractivity contribution in [2.24, 2.45) is 0 Å². The monoisotopic (exact) mass is 453 g/mol.